The quantitative estimate of drug-likeness (QED) is 0.760. The molecule has 0 radical (unpaired) electrons. The Balaban J connectivity index is 2.15. The van der Waals surface area contributed by atoms with E-state index in [-0.39, 0.29) is 5.54 Å². The Morgan fingerprint density at radius 1 is 1.39 bits per heavy atom. The lowest BCUT2D eigenvalue weighted by Crippen LogP contribution is -2.52. The smallest absolute Gasteiger partial charge is 0.321 e. The molecule has 2 heterocycles. The Bertz CT molecular complexity index is 795. The number of hydrogen-bond acceptors (Lipinski definition) is 2. The highest BCUT2D eigenvalue weighted by molar-refractivity contribution is 5.89. The standard InChI is InChI=1S/C19H24N2O2/c1-11(2)8-9-12-6-5-7-13-14-10-15(18(22)23)21-19(3,4)17(14)20-16(12)13/h5-8,15,20-21H,9-10H2,1-4H3,(H,22,23). The fraction of sp³-hybridized carbons (Fsp3) is 0.421. The van der Waals surface area contributed by atoms with E-state index in [4.69, 9.17) is 0 Å². The second-order valence-corrected chi connectivity index (χ2v) is 7.17. The molecule has 0 aliphatic carbocycles. The maximum absolute atomic E-state index is 11.5. The molecule has 1 aromatic heterocycles. The normalized spacial score (nSPS) is 19.4. The maximum atomic E-state index is 11.5. The summed E-state index contributed by atoms with van der Waals surface area (Å²) in [4.78, 5) is 15.0. The molecule has 3 rings (SSSR count). The number of carbonyl (C=O) groups is 1. The monoisotopic (exact) mass is 312 g/mol. The third-order valence-corrected chi connectivity index (χ3v) is 4.62. The van der Waals surface area contributed by atoms with Gasteiger partial charge in [-0.25, -0.2) is 0 Å². The van der Waals surface area contributed by atoms with Crippen LogP contribution in [-0.4, -0.2) is 22.1 Å². The Morgan fingerprint density at radius 2 is 2.13 bits per heavy atom. The van der Waals surface area contributed by atoms with Crippen molar-refractivity contribution in [1.82, 2.24) is 10.3 Å². The van der Waals surface area contributed by atoms with E-state index in [0.29, 0.717) is 6.42 Å². The van der Waals surface area contributed by atoms with Crippen LogP contribution in [0.5, 0.6) is 0 Å². The van der Waals surface area contributed by atoms with Gasteiger partial charge in [0.25, 0.3) is 0 Å². The molecule has 0 fully saturated rings. The molecule has 4 heteroatoms. The van der Waals surface area contributed by atoms with Crippen molar-refractivity contribution in [1.29, 1.82) is 0 Å². The predicted molar refractivity (Wildman–Crippen MR) is 92.7 cm³/mol. The van der Waals surface area contributed by atoms with Gasteiger partial charge < -0.3 is 10.1 Å². The van der Waals surface area contributed by atoms with Gasteiger partial charge in [-0.15, -0.1) is 0 Å². The van der Waals surface area contributed by atoms with Crippen molar-refractivity contribution in [3.63, 3.8) is 0 Å². The first-order valence-corrected chi connectivity index (χ1v) is 8.06. The lowest BCUT2D eigenvalue weighted by molar-refractivity contribution is -0.140. The topological polar surface area (TPSA) is 65.1 Å². The number of allylic oxidation sites excluding steroid dienone is 2. The molecular formula is C19H24N2O2. The SMILES string of the molecule is CC(C)=CCc1cccc2c3c([nH]c12)C(C)(C)NC(C(=O)O)C3. The van der Waals surface area contributed by atoms with E-state index in [1.165, 1.54) is 11.1 Å². The average molecular weight is 312 g/mol. The van der Waals surface area contributed by atoms with E-state index < -0.39 is 12.0 Å². The summed E-state index contributed by atoms with van der Waals surface area (Å²) in [6.07, 6.45) is 3.62. The fourth-order valence-corrected chi connectivity index (χ4v) is 3.48. The molecule has 1 aromatic carbocycles. The number of para-hydroxylation sites is 1. The van der Waals surface area contributed by atoms with Gasteiger partial charge in [-0.1, -0.05) is 29.8 Å². The van der Waals surface area contributed by atoms with Gasteiger partial charge in [0.1, 0.15) is 6.04 Å². The Morgan fingerprint density at radius 3 is 2.78 bits per heavy atom. The first kappa shape index (κ1) is 15.8. The van der Waals surface area contributed by atoms with Gasteiger partial charge >= 0.3 is 5.97 Å². The van der Waals surface area contributed by atoms with Crippen molar-refractivity contribution in [3.05, 3.63) is 46.7 Å². The van der Waals surface area contributed by atoms with Gasteiger partial charge in [0, 0.05) is 23.0 Å². The minimum absolute atomic E-state index is 0.385. The van der Waals surface area contributed by atoms with Crippen LogP contribution < -0.4 is 5.32 Å². The molecule has 23 heavy (non-hydrogen) atoms. The van der Waals surface area contributed by atoms with Crippen LogP contribution in [-0.2, 0) is 23.2 Å². The minimum Gasteiger partial charge on any atom is -0.480 e. The number of aromatic nitrogens is 1. The molecule has 1 unspecified atom stereocenters. The lowest BCUT2D eigenvalue weighted by atomic mass is 9.86. The van der Waals surface area contributed by atoms with E-state index >= 15 is 0 Å². The molecule has 1 aliphatic rings. The Labute approximate surface area is 136 Å². The first-order valence-electron chi connectivity index (χ1n) is 8.06. The van der Waals surface area contributed by atoms with Crippen LogP contribution in [0.4, 0.5) is 0 Å². The maximum Gasteiger partial charge on any atom is 0.321 e. The third-order valence-electron chi connectivity index (χ3n) is 4.62. The zero-order valence-electron chi connectivity index (χ0n) is 14.2. The number of carboxylic acid groups (broad SMARTS) is 1. The summed E-state index contributed by atoms with van der Waals surface area (Å²) >= 11 is 0. The Hall–Kier alpha value is -2.07. The number of aromatic amines is 1. The van der Waals surface area contributed by atoms with Crippen molar-refractivity contribution in [3.8, 4) is 0 Å². The third kappa shape index (κ3) is 2.79. The van der Waals surface area contributed by atoms with E-state index in [2.05, 4.69) is 48.4 Å². The van der Waals surface area contributed by atoms with Crippen LogP contribution >= 0.6 is 0 Å². The van der Waals surface area contributed by atoms with E-state index in [0.717, 1.165) is 28.6 Å². The van der Waals surface area contributed by atoms with Crippen molar-refractivity contribution in [2.45, 2.75) is 52.1 Å². The lowest BCUT2D eigenvalue weighted by Gasteiger charge is -2.35. The van der Waals surface area contributed by atoms with Crippen molar-refractivity contribution in [2.75, 3.05) is 0 Å². The van der Waals surface area contributed by atoms with Gasteiger partial charge in [-0.05, 0) is 45.2 Å². The Kier molecular flexibility index (Phi) is 3.80. The second kappa shape index (κ2) is 5.53. The molecule has 4 nitrogen and oxygen atoms in total. The van der Waals surface area contributed by atoms with Crippen LogP contribution in [0.1, 0.15) is 44.5 Å². The van der Waals surface area contributed by atoms with Crippen molar-refractivity contribution in [2.24, 2.45) is 0 Å². The second-order valence-electron chi connectivity index (χ2n) is 7.17. The van der Waals surface area contributed by atoms with Crippen LogP contribution in [0.15, 0.2) is 29.8 Å². The van der Waals surface area contributed by atoms with Gasteiger partial charge in [-0.3, -0.25) is 10.1 Å². The van der Waals surface area contributed by atoms with Crippen LogP contribution in [0.3, 0.4) is 0 Å². The number of fused-ring (bicyclic) bond motifs is 3. The molecule has 0 bridgehead atoms. The predicted octanol–water partition coefficient (Wildman–Crippen LogP) is 3.51. The number of benzene rings is 1. The van der Waals surface area contributed by atoms with Crippen LogP contribution in [0, 0.1) is 0 Å². The van der Waals surface area contributed by atoms with Crippen LogP contribution in [0.25, 0.3) is 10.9 Å². The molecule has 0 amide bonds. The van der Waals surface area contributed by atoms with E-state index in [9.17, 15) is 9.90 Å². The zero-order valence-corrected chi connectivity index (χ0v) is 14.2. The summed E-state index contributed by atoms with van der Waals surface area (Å²) in [5, 5.41) is 13.8. The highest BCUT2D eigenvalue weighted by Gasteiger charge is 2.37. The molecule has 0 saturated heterocycles. The molecule has 0 spiro atoms. The number of aliphatic carboxylic acids is 1. The van der Waals surface area contributed by atoms with Crippen molar-refractivity contribution < 1.29 is 9.90 Å². The van der Waals surface area contributed by atoms with E-state index in [1.54, 1.807) is 0 Å². The van der Waals surface area contributed by atoms with Gasteiger partial charge in [0.15, 0.2) is 0 Å². The first-order chi connectivity index (χ1) is 10.8. The molecule has 1 atom stereocenters. The number of rotatable bonds is 3. The molecule has 122 valence electrons. The highest BCUT2D eigenvalue weighted by Crippen LogP contribution is 2.36. The summed E-state index contributed by atoms with van der Waals surface area (Å²) in [5.41, 5.74) is 5.54. The summed E-state index contributed by atoms with van der Waals surface area (Å²) in [7, 11) is 0. The van der Waals surface area contributed by atoms with Crippen LogP contribution in [0.2, 0.25) is 0 Å². The molecular weight excluding hydrogens is 288 g/mol. The van der Waals surface area contributed by atoms with Crippen molar-refractivity contribution >= 4 is 16.9 Å². The molecule has 1 aliphatic heterocycles. The number of carboxylic acids is 1. The molecule has 0 saturated carbocycles. The molecule has 2 aromatic rings. The van der Waals surface area contributed by atoms with Gasteiger partial charge in [0.2, 0.25) is 0 Å². The summed E-state index contributed by atoms with van der Waals surface area (Å²) in [5.74, 6) is -0.793. The summed E-state index contributed by atoms with van der Waals surface area (Å²) < 4.78 is 0. The van der Waals surface area contributed by atoms with E-state index in [1.807, 2.05) is 13.8 Å². The number of nitrogens with one attached hydrogen (secondary N) is 2. The highest BCUT2D eigenvalue weighted by atomic mass is 16.4. The average Bonchev–Trinajstić information content (AvgIpc) is 2.85. The number of hydrogen-bond donors (Lipinski definition) is 3. The fourth-order valence-electron chi connectivity index (χ4n) is 3.48. The largest absolute Gasteiger partial charge is 0.480 e. The summed E-state index contributed by atoms with van der Waals surface area (Å²) in [6.45, 7) is 8.27. The van der Waals surface area contributed by atoms with Gasteiger partial charge in [0.05, 0.1) is 5.54 Å². The minimum atomic E-state index is -0.793. The summed E-state index contributed by atoms with van der Waals surface area (Å²) in [6, 6.07) is 5.75. The zero-order chi connectivity index (χ0) is 16.8. The molecule has 3 N–H and O–H groups in total. The number of H-pyrrole nitrogens is 1. The van der Waals surface area contributed by atoms with Gasteiger partial charge in [-0.2, -0.15) is 0 Å².